The zero-order chi connectivity index (χ0) is 15.2. The molecule has 1 heterocycles. The Hall–Kier alpha value is -1.48. The first kappa shape index (κ1) is 15.9. The molecule has 0 aliphatic heterocycles. The fraction of sp³-hybridized carbons (Fsp3) is 0.556. The van der Waals surface area contributed by atoms with E-state index in [9.17, 15) is 0 Å². The van der Waals surface area contributed by atoms with Gasteiger partial charge in [0, 0.05) is 36.2 Å². The number of hydrogen-bond acceptors (Lipinski definition) is 2. The first-order valence-electron chi connectivity index (χ1n) is 8.09. The van der Waals surface area contributed by atoms with Gasteiger partial charge in [0.15, 0.2) is 0 Å². The van der Waals surface area contributed by atoms with Crippen LogP contribution in [0.15, 0.2) is 30.5 Å². The molecule has 116 valence electrons. The Kier molecular flexibility index (Phi) is 5.68. The molecule has 3 nitrogen and oxygen atoms in total. The molecular weight excluding hydrogens is 260 g/mol. The van der Waals surface area contributed by atoms with Crippen molar-refractivity contribution in [1.82, 2.24) is 9.88 Å². The molecule has 0 fully saturated rings. The van der Waals surface area contributed by atoms with Gasteiger partial charge in [-0.2, -0.15) is 0 Å². The Bertz CT molecular complexity index is 559. The molecule has 0 aliphatic carbocycles. The Morgan fingerprint density at radius 1 is 1.19 bits per heavy atom. The summed E-state index contributed by atoms with van der Waals surface area (Å²) in [5.41, 5.74) is 1.27. The minimum atomic E-state index is 0.216. The number of ether oxygens (including phenoxy) is 1. The molecule has 21 heavy (non-hydrogen) atoms. The highest BCUT2D eigenvalue weighted by atomic mass is 16.5. The van der Waals surface area contributed by atoms with Crippen LogP contribution in [0.1, 0.15) is 40.5 Å². The van der Waals surface area contributed by atoms with Crippen molar-refractivity contribution in [2.24, 2.45) is 0 Å². The molecule has 1 atom stereocenters. The molecule has 0 saturated heterocycles. The number of nitrogens with zero attached hydrogens (tertiary/aromatic N) is 1. The van der Waals surface area contributed by atoms with Crippen molar-refractivity contribution in [3.05, 3.63) is 30.5 Å². The molecular formula is C18H28N2O. The van der Waals surface area contributed by atoms with E-state index in [1.165, 1.54) is 23.7 Å². The maximum absolute atomic E-state index is 5.75. The van der Waals surface area contributed by atoms with Crippen molar-refractivity contribution in [3.63, 3.8) is 0 Å². The summed E-state index contributed by atoms with van der Waals surface area (Å²) in [5.74, 6) is 0.949. The molecule has 2 rings (SSSR count). The predicted molar refractivity (Wildman–Crippen MR) is 90.1 cm³/mol. The maximum Gasteiger partial charge on any atom is 0.120 e. The SMILES string of the molecule is CCCC(C)NCCn1ccc2cc(OC(C)C)ccc21. The van der Waals surface area contributed by atoms with Gasteiger partial charge in [-0.1, -0.05) is 13.3 Å². The van der Waals surface area contributed by atoms with Crippen molar-refractivity contribution in [1.29, 1.82) is 0 Å². The number of nitrogens with one attached hydrogen (secondary N) is 1. The summed E-state index contributed by atoms with van der Waals surface area (Å²) in [6.07, 6.45) is 4.85. The summed E-state index contributed by atoms with van der Waals surface area (Å²) in [6, 6.07) is 9.11. The lowest BCUT2D eigenvalue weighted by atomic mass is 10.2. The van der Waals surface area contributed by atoms with Crippen LogP contribution < -0.4 is 10.1 Å². The molecule has 0 bridgehead atoms. The van der Waals surface area contributed by atoms with Gasteiger partial charge in [-0.25, -0.2) is 0 Å². The van der Waals surface area contributed by atoms with Gasteiger partial charge in [-0.3, -0.25) is 0 Å². The lowest BCUT2D eigenvalue weighted by molar-refractivity contribution is 0.243. The molecule has 3 heteroatoms. The van der Waals surface area contributed by atoms with E-state index in [0.29, 0.717) is 6.04 Å². The van der Waals surface area contributed by atoms with Gasteiger partial charge in [0.2, 0.25) is 0 Å². The second-order valence-electron chi connectivity index (χ2n) is 6.04. The van der Waals surface area contributed by atoms with Crippen LogP contribution in [-0.2, 0) is 6.54 Å². The van der Waals surface area contributed by atoms with E-state index in [0.717, 1.165) is 18.8 Å². The van der Waals surface area contributed by atoms with Gasteiger partial charge >= 0.3 is 0 Å². The number of hydrogen-bond donors (Lipinski definition) is 1. The molecule has 0 radical (unpaired) electrons. The summed E-state index contributed by atoms with van der Waals surface area (Å²) < 4.78 is 8.06. The van der Waals surface area contributed by atoms with E-state index in [-0.39, 0.29) is 6.10 Å². The minimum Gasteiger partial charge on any atom is -0.491 e. The quantitative estimate of drug-likeness (QED) is 0.787. The van der Waals surface area contributed by atoms with Crippen molar-refractivity contribution >= 4 is 10.9 Å². The highest BCUT2D eigenvalue weighted by molar-refractivity contribution is 5.81. The molecule has 1 unspecified atom stereocenters. The standard InChI is InChI=1S/C18H28N2O/c1-5-6-15(4)19-10-12-20-11-9-16-13-17(21-14(2)3)7-8-18(16)20/h7-9,11,13-15,19H,5-6,10,12H2,1-4H3. The number of fused-ring (bicyclic) bond motifs is 1. The van der Waals surface area contributed by atoms with Gasteiger partial charge in [0.25, 0.3) is 0 Å². The summed E-state index contributed by atoms with van der Waals surface area (Å²) in [5, 5.41) is 4.82. The summed E-state index contributed by atoms with van der Waals surface area (Å²) in [7, 11) is 0. The van der Waals surface area contributed by atoms with Crippen molar-refractivity contribution < 1.29 is 4.74 Å². The number of aromatic nitrogens is 1. The first-order valence-corrected chi connectivity index (χ1v) is 8.09. The minimum absolute atomic E-state index is 0.216. The third-order valence-corrected chi connectivity index (χ3v) is 3.68. The van der Waals surface area contributed by atoms with Gasteiger partial charge in [0.1, 0.15) is 5.75 Å². The van der Waals surface area contributed by atoms with Crippen LogP contribution in [0, 0.1) is 0 Å². The fourth-order valence-electron chi connectivity index (χ4n) is 2.69. The Morgan fingerprint density at radius 3 is 2.71 bits per heavy atom. The van der Waals surface area contributed by atoms with Gasteiger partial charge in [0.05, 0.1) is 6.10 Å². The summed E-state index contributed by atoms with van der Waals surface area (Å²) in [4.78, 5) is 0. The smallest absolute Gasteiger partial charge is 0.120 e. The topological polar surface area (TPSA) is 26.2 Å². The zero-order valence-electron chi connectivity index (χ0n) is 13.7. The van der Waals surface area contributed by atoms with Crippen LogP contribution in [0.25, 0.3) is 10.9 Å². The van der Waals surface area contributed by atoms with Crippen LogP contribution in [0.5, 0.6) is 5.75 Å². The van der Waals surface area contributed by atoms with E-state index < -0.39 is 0 Å². The number of rotatable bonds is 8. The second-order valence-corrected chi connectivity index (χ2v) is 6.04. The average molecular weight is 288 g/mol. The normalized spacial score (nSPS) is 13.0. The monoisotopic (exact) mass is 288 g/mol. The third kappa shape index (κ3) is 4.50. The van der Waals surface area contributed by atoms with Gasteiger partial charge in [-0.05, 0) is 51.5 Å². The van der Waals surface area contributed by atoms with Crippen molar-refractivity contribution in [3.8, 4) is 5.75 Å². The van der Waals surface area contributed by atoms with Crippen LogP contribution in [0.4, 0.5) is 0 Å². The third-order valence-electron chi connectivity index (χ3n) is 3.68. The van der Waals surface area contributed by atoms with E-state index >= 15 is 0 Å². The van der Waals surface area contributed by atoms with E-state index in [2.05, 4.69) is 68.0 Å². The highest BCUT2D eigenvalue weighted by Gasteiger charge is 2.05. The molecule has 0 amide bonds. The van der Waals surface area contributed by atoms with E-state index in [4.69, 9.17) is 4.74 Å². The lowest BCUT2D eigenvalue weighted by Crippen LogP contribution is -2.29. The summed E-state index contributed by atoms with van der Waals surface area (Å²) in [6.45, 7) is 10.6. The van der Waals surface area contributed by atoms with Crippen molar-refractivity contribution in [2.75, 3.05) is 6.54 Å². The molecule has 0 saturated carbocycles. The van der Waals surface area contributed by atoms with Crippen LogP contribution >= 0.6 is 0 Å². The van der Waals surface area contributed by atoms with Crippen LogP contribution in [0.2, 0.25) is 0 Å². The zero-order valence-corrected chi connectivity index (χ0v) is 13.7. The Balaban J connectivity index is 1.98. The maximum atomic E-state index is 5.75. The fourth-order valence-corrected chi connectivity index (χ4v) is 2.69. The second kappa shape index (κ2) is 7.51. The van der Waals surface area contributed by atoms with Gasteiger partial charge < -0.3 is 14.6 Å². The number of benzene rings is 1. The predicted octanol–water partition coefficient (Wildman–Crippen LogP) is 4.21. The summed E-state index contributed by atoms with van der Waals surface area (Å²) >= 11 is 0. The largest absolute Gasteiger partial charge is 0.491 e. The molecule has 1 aromatic heterocycles. The average Bonchev–Trinajstić information content (AvgIpc) is 2.81. The van der Waals surface area contributed by atoms with E-state index in [1.54, 1.807) is 0 Å². The molecule has 2 aromatic rings. The van der Waals surface area contributed by atoms with Crippen molar-refractivity contribution in [2.45, 2.75) is 59.2 Å². The molecule has 0 spiro atoms. The lowest BCUT2D eigenvalue weighted by Gasteiger charge is -2.14. The van der Waals surface area contributed by atoms with Gasteiger partial charge in [-0.15, -0.1) is 0 Å². The Morgan fingerprint density at radius 2 is 2.00 bits per heavy atom. The Labute approximate surface area is 128 Å². The van der Waals surface area contributed by atoms with E-state index in [1.807, 2.05) is 0 Å². The first-order chi connectivity index (χ1) is 10.1. The highest BCUT2D eigenvalue weighted by Crippen LogP contribution is 2.22. The van der Waals surface area contributed by atoms with Crippen LogP contribution in [-0.4, -0.2) is 23.3 Å². The van der Waals surface area contributed by atoms with Crippen LogP contribution in [0.3, 0.4) is 0 Å². The molecule has 1 N–H and O–H groups in total. The molecule has 0 aliphatic rings. The molecule has 1 aromatic carbocycles.